The predicted octanol–water partition coefficient (Wildman–Crippen LogP) is 8.97. The Morgan fingerprint density at radius 1 is 0.633 bits per heavy atom. The van der Waals surface area contributed by atoms with Gasteiger partial charge < -0.3 is 24.8 Å². The summed E-state index contributed by atoms with van der Waals surface area (Å²) in [5.41, 5.74) is 11.2. The Balaban J connectivity index is 0.00000302. The molecule has 1 unspecified atom stereocenters. The van der Waals surface area contributed by atoms with Crippen molar-refractivity contribution < 1.29 is 72.4 Å². The summed E-state index contributed by atoms with van der Waals surface area (Å²) in [5, 5.41) is 0. The van der Waals surface area contributed by atoms with Crippen LogP contribution in [0.4, 0.5) is 26.3 Å². The third-order valence-corrected chi connectivity index (χ3v) is 21.4. The molecule has 0 radical (unpaired) electrons. The normalized spacial score (nSPS) is 18.4. The molecule has 0 bridgehead atoms. The largest absolute Gasteiger partial charge is 1.00 e. The Morgan fingerprint density at radius 3 is 1.45 bits per heavy atom. The molecule has 4 aromatic rings. The third-order valence-electron chi connectivity index (χ3n) is 12.9. The van der Waals surface area contributed by atoms with E-state index in [1.54, 1.807) is 12.1 Å². The van der Waals surface area contributed by atoms with Crippen molar-refractivity contribution in [2.75, 3.05) is 0 Å². The summed E-state index contributed by atoms with van der Waals surface area (Å²) in [4.78, 5) is 0. The predicted molar refractivity (Wildman–Crippen MR) is 223 cm³/mol. The molecule has 4 aromatic carbocycles. The number of alkyl halides is 6. The molecule has 0 fully saturated rings. The fraction of sp³-hybridized carbons (Fsp3) is 0.353. The Labute approximate surface area is 370 Å². The molecule has 0 heterocycles. The van der Waals surface area contributed by atoms with E-state index < -0.39 is 44.7 Å². The maximum absolute atomic E-state index is 14.6. The Kier molecular flexibility index (Phi) is 12.0. The van der Waals surface area contributed by atoms with E-state index in [1.165, 1.54) is 60.9 Å². The van der Waals surface area contributed by atoms with Crippen molar-refractivity contribution in [3.05, 3.63) is 162 Å². The van der Waals surface area contributed by atoms with Gasteiger partial charge in [-0.3, -0.25) is 0 Å². The second-order valence-electron chi connectivity index (χ2n) is 18.9. The van der Waals surface area contributed by atoms with E-state index in [0.29, 0.717) is 14.3 Å². The second-order valence-corrected chi connectivity index (χ2v) is 25.0. The van der Waals surface area contributed by atoms with Gasteiger partial charge >= 0.3 is 348 Å². The first-order valence-electron chi connectivity index (χ1n) is 20.2. The molecular formula is C51H50Cl2F6Zr. The van der Waals surface area contributed by atoms with Crippen LogP contribution in [-0.4, -0.2) is 3.21 Å². The van der Waals surface area contributed by atoms with Gasteiger partial charge in [0.2, 0.25) is 0 Å². The van der Waals surface area contributed by atoms with Crippen molar-refractivity contribution in [3.63, 3.8) is 0 Å². The molecule has 9 heteroatoms. The number of allylic oxidation sites excluding steroid dienone is 8. The van der Waals surface area contributed by atoms with Crippen molar-refractivity contribution in [3.8, 4) is 11.1 Å². The van der Waals surface area contributed by atoms with Crippen LogP contribution in [-0.2, 0) is 44.4 Å². The zero-order chi connectivity index (χ0) is 42.1. The first kappa shape index (κ1) is 46.3. The van der Waals surface area contributed by atoms with Gasteiger partial charge in [0.05, 0.1) is 0 Å². The molecule has 314 valence electrons. The summed E-state index contributed by atoms with van der Waals surface area (Å²) in [5.74, 6) is -0.00715. The smallest absolute Gasteiger partial charge is 1.00 e. The summed E-state index contributed by atoms with van der Waals surface area (Å²) >= 11 is -3.88. The molecule has 0 N–H and O–H groups in total. The van der Waals surface area contributed by atoms with Crippen molar-refractivity contribution in [2.24, 2.45) is 11.3 Å². The van der Waals surface area contributed by atoms with Gasteiger partial charge in [0, 0.05) is 0 Å². The molecule has 0 nitrogen and oxygen atoms in total. The molecule has 0 saturated carbocycles. The SMILES string of the molecule is CCC1C=C(C(C)(C)C)C=[C]1[Zr+2](=[C](c1cccc(C(F)(F)F)c1)c1cccc(C(F)(F)F)c1)[CH]1c2cc3c(cc2-c2cc4c(cc21)C(C)(C)C=C4C)C(C)=CC3(C)C.[Cl-].[Cl-]. The summed E-state index contributed by atoms with van der Waals surface area (Å²) in [6.45, 7) is 21.8. The molecule has 0 saturated heterocycles. The summed E-state index contributed by atoms with van der Waals surface area (Å²) in [6, 6.07) is 20.0. The van der Waals surface area contributed by atoms with Crippen LogP contribution in [0, 0.1) is 11.3 Å². The zero-order valence-electron chi connectivity index (χ0n) is 35.6. The van der Waals surface area contributed by atoms with E-state index in [2.05, 4.69) is 118 Å². The van der Waals surface area contributed by atoms with Gasteiger partial charge in [-0.15, -0.1) is 0 Å². The van der Waals surface area contributed by atoms with Gasteiger partial charge in [-0.05, 0) is 0 Å². The second kappa shape index (κ2) is 15.5. The topological polar surface area (TPSA) is 0 Å². The van der Waals surface area contributed by atoms with E-state index in [0.717, 1.165) is 46.4 Å². The van der Waals surface area contributed by atoms with Crippen molar-refractivity contribution in [2.45, 2.75) is 102 Å². The average Bonchev–Trinajstić information content (AvgIpc) is 3.83. The fourth-order valence-corrected chi connectivity index (χ4v) is 19.8. The van der Waals surface area contributed by atoms with Crippen LogP contribution in [0.5, 0.6) is 0 Å². The van der Waals surface area contributed by atoms with Gasteiger partial charge in [-0.25, -0.2) is 0 Å². The number of hydrogen-bond acceptors (Lipinski definition) is 0. The molecule has 4 aliphatic rings. The number of hydrogen-bond donors (Lipinski definition) is 0. The van der Waals surface area contributed by atoms with E-state index >= 15 is 0 Å². The molecule has 60 heavy (non-hydrogen) atoms. The summed E-state index contributed by atoms with van der Waals surface area (Å²) < 4.78 is 89.5. The van der Waals surface area contributed by atoms with Crippen molar-refractivity contribution in [1.82, 2.24) is 0 Å². The molecule has 0 spiro atoms. The molecule has 0 aliphatic heterocycles. The van der Waals surface area contributed by atoms with Gasteiger partial charge in [0.25, 0.3) is 0 Å². The van der Waals surface area contributed by atoms with Crippen molar-refractivity contribution >= 4 is 14.4 Å². The van der Waals surface area contributed by atoms with Crippen LogP contribution in [0.1, 0.15) is 135 Å². The van der Waals surface area contributed by atoms with Crippen LogP contribution in [0.25, 0.3) is 22.3 Å². The Hall–Kier alpha value is -3.25. The zero-order valence-corrected chi connectivity index (χ0v) is 39.6. The van der Waals surface area contributed by atoms with Crippen LogP contribution in [0.3, 0.4) is 0 Å². The third kappa shape index (κ3) is 7.76. The van der Waals surface area contributed by atoms with E-state index in [4.69, 9.17) is 0 Å². The summed E-state index contributed by atoms with van der Waals surface area (Å²) in [6.07, 6.45) is 0.706. The first-order valence-corrected chi connectivity index (χ1v) is 24.1. The first-order chi connectivity index (χ1) is 26.9. The quantitative estimate of drug-likeness (QED) is 0.176. The number of rotatable bonds is 5. The van der Waals surface area contributed by atoms with Gasteiger partial charge in [-0.1, -0.05) is 0 Å². The van der Waals surface area contributed by atoms with Crippen LogP contribution >= 0.6 is 0 Å². The van der Waals surface area contributed by atoms with E-state index in [1.807, 2.05) is 0 Å². The Morgan fingerprint density at radius 2 is 1.07 bits per heavy atom. The van der Waals surface area contributed by atoms with E-state index in [9.17, 15) is 26.3 Å². The number of fused-ring (bicyclic) bond motifs is 5. The van der Waals surface area contributed by atoms with Crippen LogP contribution < -0.4 is 24.8 Å². The average molecular weight is 939 g/mol. The molecular weight excluding hydrogens is 889 g/mol. The standard InChI is InChI=1S/C25H25.C15H8F6.C11H17.2ClH.Zr/c1-14-12-24(3,4)22-8-16-7-17-9-23-19(15(2)13-25(23,5)6)11-21(17)20(16)10-18(14)22;16-14(17,18)12-5-1-3-10(8-12)7-11-4-2-6-13(9-11)15(19,20)21;1-5-9-6-7-10(8-9)11(2,3)4;;;/h7-13H,1-6H3;1-6,8-9H;7-9H,5H2,1-4H3;2*1H;/q;;;;;+2/p-2. The minimum absolute atomic E-state index is 0. The van der Waals surface area contributed by atoms with Gasteiger partial charge in [0.1, 0.15) is 0 Å². The number of benzene rings is 4. The van der Waals surface area contributed by atoms with Crippen molar-refractivity contribution in [1.29, 1.82) is 0 Å². The van der Waals surface area contributed by atoms with Gasteiger partial charge in [0.15, 0.2) is 0 Å². The molecule has 8 rings (SSSR count). The number of halogens is 8. The fourth-order valence-electron chi connectivity index (χ4n) is 10.1. The van der Waals surface area contributed by atoms with Crippen LogP contribution in [0.2, 0.25) is 0 Å². The molecule has 4 aliphatic carbocycles. The molecule has 1 atom stereocenters. The molecule has 0 aromatic heterocycles. The summed E-state index contributed by atoms with van der Waals surface area (Å²) in [7, 11) is 0. The minimum atomic E-state index is -4.64. The maximum Gasteiger partial charge on any atom is -1.00 e. The van der Waals surface area contributed by atoms with Crippen LogP contribution in [0.15, 0.2) is 106 Å². The van der Waals surface area contributed by atoms with Gasteiger partial charge in [-0.2, -0.15) is 0 Å². The van der Waals surface area contributed by atoms with E-state index in [-0.39, 0.29) is 50.6 Å². The minimum Gasteiger partial charge on any atom is -1.00 e. The monoisotopic (exact) mass is 936 g/mol. The maximum atomic E-state index is 14.6. The molecule has 0 amide bonds. The Bertz CT molecular complexity index is 2440.